The molecular weight excluding hydrogens is 180 g/mol. The molecule has 2 saturated carbocycles. The third-order valence-electron chi connectivity index (χ3n) is 4.22. The van der Waals surface area contributed by atoms with E-state index in [0.717, 1.165) is 11.3 Å². The molecule has 2 aromatic carbocycles. The molecule has 0 heterocycles. The molecule has 0 aromatic heterocycles. The van der Waals surface area contributed by atoms with E-state index in [0.29, 0.717) is 0 Å². The van der Waals surface area contributed by atoms with Crippen molar-refractivity contribution < 1.29 is 0 Å². The molecule has 2 aliphatic carbocycles. The molecule has 2 aromatic rings. The number of benzene rings is 2. The van der Waals surface area contributed by atoms with Crippen molar-refractivity contribution in [3.05, 3.63) is 48.0 Å². The quantitative estimate of drug-likeness (QED) is 0.682. The van der Waals surface area contributed by atoms with Crippen molar-refractivity contribution in [2.45, 2.75) is 19.3 Å². The smallest absolute Gasteiger partial charge is 0.0181 e. The molecule has 0 heteroatoms. The second-order valence-corrected chi connectivity index (χ2v) is 5.33. The summed E-state index contributed by atoms with van der Waals surface area (Å²) in [5.74, 6) is 1.10. The van der Waals surface area contributed by atoms with Crippen LogP contribution in [0.25, 0.3) is 10.8 Å². The molecule has 0 nitrogen and oxygen atoms in total. The zero-order valence-corrected chi connectivity index (χ0v) is 8.74. The maximum atomic E-state index is 2.37. The summed E-state index contributed by atoms with van der Waals surface area (Å²) in [6.45, 7) is 0. The lowest BCUT2D eigenvalue weighted by atomic mass is 10.00. The minimum Gasteiger partial charge on any atom is -0.0616 e. The summed E-state index contributed by atoms with van der Waals surface area (Å²) in [7, 11) is 0. The molecular formula is C15H14. The molecule has 0 unspecified atom stereocenters. The average molecular weight is 194 g/mol. The molecule has 0 saturated heterocycles. The standard InChI is InChI=1S/C15H14/c1-2-4-13-7-11(5-6-12(13)3-1)8-15-9-14(15)10-15/h1-7,14H,8-10H2. The normalized spacial score (nSPS) is 31.3. The highest BCUT2D eigenvalue weighted by Crippen LogP contribution is 2.76. The Morgan fingerprint density at radius 1 is 1.00 bits per heavy atom. The monoisotopic (exact) mass is 194 g/mol. The predicted octanol–water partition coefficient (Wildman–Crippen LogP) is 3.79. The van der Waals surface area contributed by atoms with Crippen LogP contribution in [0.4, 0.5) is 0 Å². The summed E-state index contributed by atoms with van der Waals surface area (Å²) in [5.41, 5.74) is 2.32. The first-order valence-electron chi connectivity index (χ1n) is 5.83. The van der Waals surface area contributed by atoms with Crippen LogP contribution in [0.5, 0.6) is 0 Å². The highest BCUT2D eigenvalue weighted by molar-refractivity contribution is 5.83. The van der Waals surface area contributed by atoms with Crippen LogP contribution in [0, 0.1) is 11.3 Å². The Kier molecular flexibility index (Phi) is 1.29. The van der Waals surface area contributed by atoms with Gasteiger partial charge in [-0.25, -0.2) is 0 Å². The van der Waals surface area contributed by atoms with Crippen molar-refractivity contribution >= 4 is 10.8 Å². The molecule has 15 heavy (non-hydrogen) atoms. The fraction of sp³-hybridized carbons (Fsp3) is 0.333. The average Bonchev–Trinajstić information content (AvgIpc) is 3.07. The van der Waals surface area contributed by atoms with Gasteiger partial charge in [0, 0.05) is 0 Å². The van der Waals surface area contributed by atoms with Gasteiger partial charge in [0.2, 0.25) is 0 Å². The van der Waals surface area contributed by atoms with Gasteiger partial charge in [0.25, 0.3) is 0 Å². The summed E-state index contributed by atoms with van der Waals surface area (Å²) in [6.07, 6.45) is 4.32. The first-order chi connectivity index (χ1) is 7.36. The molecule has 2 fully saturated rings. The van der Waals surface area contributed by atoms with Crippen LogP contribution < -0.4 is 0 Å². The zero-order chi connectivity index (χ0) is 9.88. The van der Waals surface area contributed by atoms with E-state index in [2.05, 4.69) is 42.5 Å². The van der Waals surface area contributed by atoms with Crippen molar-refractivity contribution in [2.24, 2.45) is 11.3 Å². The first-order valence-corrected chi connectivity index (χ1v) is 5.83. The van der Waals surface area contributed by atoms with Gasteiger partial charge >= 0.3 is 0 Å². The second-order valence-electron chi connectivity index (χ2n) is 5.33. The lowest BCUT2D eigenvalue weighted by Crippen LogP contribution is -1.93. The van der Waals surface area contributed by atoms with Crippen LogP contribution in [-0.4, -0.2) is 0 Å². The highest BCUT2D eigenvalue weighted by atomic mass is 14.7. The lowest BCUT2D eigenvalue weighted by molar-refractivity contribution is 0.644. The largest absolute Gasteiger partial charge is 0.0616 e. The fourth-order valence-electron chi connectivity index (χ4n) is 2.85. The molecule has 74 valence electrons. The molecule has 0 spiro atoms. The third kappa shape index (κ3) is 1.14. The van der Waals surface area contributed by atoms with E-state index < -0.39 is 0 Å². The first kappa shape index (κ1) is 7.92. The molecule has 0 N–H and O–H groups in total. The lowest BCUT2D eigenvalue weighted by Gasteiger charge is -2.05. The van der Waals surface area contributed by atoms with E-state index in [-0.39, 0.29) is 0 Å². The Bertz CT molecular complexity index is 532. The Labute approximate surface area is 89.9 Å². The van der Waals surface area contributed by atoms with E-state index in [1.54, 1.807) is 0 Å². The summed E-state index contributed by atoms with van der Waals surface area (Å²) >= 11 is 0. The topological polar surface area (TPSA) is 0 Å². The third-order valence-corrected chi connectivity index (χ3v) is 4.22. The van der Waals surface area contributed by atoms with Crippen molar-refractivity contribution in [3.63, 3.8) is 0 Å². The molecule has 0 radical (unpaired) electrons. The van der Waals surface area contributed by atoms with Crippen molar-refractivity contribution in [1.82, 2.24) is 0 Å². The summed E-state index contributed by atoms with van der Waals surface area (Å²) in [6, 6.07) is 15.6. The number of fused-ring (bicyclic) bond motifs is 2. The molecule has 0 aliphatic heterocycles. The summed E-state index contributed by atoms with van der Waals surface area (Å²) in [5, 5.41) is 2.76. The van der Waals surface area contributed by atoms with Gasteiger partial charge in [-0.05, 0) is 46.9 Å². The Morgan fingerprint density at radius 3 is 2.47 bits per heavy atom. The Morgan fingerprint density at radius 2 is 1.73 bits per heavy atom. The van der Waals surface area contributed by atoms with Gasteiger partial charge in [0.1, 0.15) is 0 Å². The van der Waals surface area contributed by atoms with Crippen molar-refractivity contribution in [2.75, 3.05) is 0 Å². The summed E-state index contributed by atoms with van der Waals surface area (Å²) in [4.78, 5) is 0. The van der Waals surface area contributed by atoms with Gasteiger partial charge in [-0.1, -0.05) is 42.5 Å². The van der Waals surface area contributed by atoms with Crippen LogP contribution in [0.15, 0.2) is 42.5 Å². The van der Waals surface area contributed by atoms with E-state index in [1.165, 1.54) is 35.6 Å². The van der Waals surface area contributed by atoms with Crippen LogP contribution >= 0.6 is 0 Å². The predicted molar refractivity (Wildman–Crippen MR) is 62.8 cm³/mol. The van der Waals surface area contributed by atoms with Crippen LogP contribution in [-0.2, 0) is 6.42 Å². The minimum atomic E-state index is 0.780. The number of hydrogen-bond donors (Lipinski definition) is 0. The van der Waals surface area contributed by atoms with Crippen LogP contribution in [0.3, 0.4) is 0 Å². The van der Waals surface area contributed by atoms with Gasteiger partial charge in [-0.3, -0.25) is 0 Å². The molecule has 4 rings (SSSR count). The van der Waals surface area contributed by atoms with E-state index in [1.807, 2.05) is 0 Å². The van der Waals surface area contributed by atoms with Gasteiger partial charge < -0.3 is 0 Å². The Hall–Kier alpha value is -1.30. The minimum absolute atomic E-state index is 0.780. The molecule has 0 amide bonds. The fourth-order valence-corrected chi connectivity index (χ4v) is 2.85. The summed E-state index contributed by atoms with van der Waals surface area (Å²) < 4.78 is 0. The van der Waals surface area contributed by atoms with Gasteiger partial charge in [-0.2, -0.15) is 0 Å². The number of hydrogen-bond acceptors (Lipinski definition) is 0. The van der Waals surface area contributed by atoms with E-state index >= 15 is 0 Å². The Balaban J connectivity index is 1.75. The number of rotatable bonds is 2. The van der Waals surface area contributed by atoms with Crippen molar-refractivity contribution in [1.29, 1.82) is 0 Å². The highest BCUT2D eigenvalue weighted by Gasteiger charge is 2.68. The molecule has 0 bridgehead atoms. The van der Waals surface area contributed by atoms with Crippen LogP contribution in [0.1, 0.15) is 18.4 Å². The van der Waals surface area contributed by atoms with Gasteiger partial charge in [0.15, 0.2) is 0 Å². The molecule has 0 atom stereocenters. The van der Waals surface area contributed by atoms with Gasteiger partial charge in [-0.15, -0.1) is 0 Å². The van der Waals surface area contributed by atoms with Crippen LogP contribution in [0.2, 0.25) is 0 Å². The second kappa shape index (κ2) is 2.44. The van der Waals surface area contributed by atoms with E-state index in [4.69, 9.17) is 0 Å². The SMILES string of the molecule is c1ccc2cc(CC34CC3C4)ccc2c1. The zero-order valence-electron chi connectivity index (χ0n) is 8.74. The van der Waals surface area contributed by atoms with Gasteiger partial charge in [0.05, 0.1) is 0 Å². The maximum Gasteiger partial charge on any atom is -0.0181 e. The van der Waals surface area contributed by atoms with E-state index in [9.17, 15) is 0 Å². The maximum absolute atomic E-state index is 2.37. The molecule has 2 aliphatic rings. The van der Waals surface area contributed by atoms with Crippen molar-refractivity contribution in [3.8, 4) is 0 Å².